The predicted octanol–water partition coefficient (Wildman–Crippen LogP) is 4.62. The Morgan fingerprint density at radius 1 is 0.577 bits per heavy atom. The Morgan fingerprint density at radius 3 is 1.62 bits per heavy atom. The van der Waals surface area contributed by atoms with Gasteiger partial charge in [-0.3, -0.25) is 9.97 Å². The van der Waals surface area contributed by atoms with Crippen LogP contribution in [0.2, 0.25) is 0 Å². The Labute approximate surface area is 152 Å². The van der Waals surface area contributed by atoms with Crippen LogP contribution in [0, 0.1) is 0 Å². The molecule has 0 radical (unpaired) electrons. The van der Waals surface area contributed by atoms with E-state index in [1.165, 1.54) is 44.2 Å². The monoisotopic (exact) mass is 351 g/mol. The van der Waals surface area contributed by atoms with Gasteiger partial charge < -0.3 is 4.67 Å². The Bertz CT molecular complexity index is 987. The molecule has 2 aromatic carbocycles. The highest BCUT2D eigenvalue weighted by Gasteiger charge is 2.38. The van der Waals surface area contributed by atoms with Gasteiger partial charge in [-0.05, 0) is 23.3 Å². The molecule has 0 amide bonds. The minimum atomic E-state index is -0.673. The third-order valence-corrected chi connectivity index (χ3v) is 7.62. The van der Waals surface area contributed by atoms with E-state index in [1.807, 2.05) is 24.8 Å². The van der Waals surface area contributed by atoms with Crippen molar-refractivity contribution < 1.29 is 0 Å². The summed E-state index contributed by atoms with van der Waals surface area (Å²) < 4.78 is 2.51. The zero-order valence-corrected chi connectivity index (χ0v) is 14.8. The fourth-order valence-corrected chi connectivity index (χ4v) is 6.79. The Balaban J connectivity index is 1.77. The number of hydrogen-bond donors (Lipinski definition) is 0. The smallest absolute Gasteiger partial charge is 0.0611 e. The number of fused-ring (bicyclic) bond motifs is 11. The molecular formula is C22H14N3P. The first-order valence-electron chi connectivity index (χ1n) is 8.60. The van der Waals surface area contributed by atoms with Crippen LogP contribution in [0.1, 0.15) is 0 Å². The third-order valence-electron chi connectivity index (χ3n) is 5.10. The summed E-state index contributed by atoms with van der Waals surface area (Å²) in [6.45, 7) is 0. The first kappa shape index (κ1) is 14.2. The molecule has 3 nitrogen and oxygen atoms in total. The van der Waals surface area contributed by atoms with Crippen molar-refractivity contribution in [1.29, 1.82) is 0 Å². The van der Waals surface area contributed by atoms with Gasteiger partial charge in [0.15, 0.2) is 0 Å². The second-order valence-electron chi connectivity index (χ2n) is 6.44. The summed E-state index contributed by atoms with van der Waals surface area (Å²) in [5.74, 6) is 0. The van der Waals surface area contributed by atoms with E-state index in [9.17, 15) is 0 Å². The normalized spacial score (nSPS) is 13.9. The number of aromatic nitrogens is 2. The summed E-state index contributed by atoms with van der Waals surface area (Å²) in [6, 6.07) is 21.8. The van der Waals surface area contributed by atoms with Crippen LogP contribution in [0.5, 0.6) is 0 Å². The van der Waals surface area contributed by atoms with E-state index < -0.39 is 8.07 Å². The topological polar surface area (TPSA) is 29.0 Å². The molecule has 4 heteroatoms. The molecule has 2 aliphatic rings. The van der Waals surface area contributed by atoms with Crippen LogP contribution in [-0.2, 0) is 0 Å². The molecule has 0 spiro atoms. The average molecular weight is 351 g/mol. The van der Waals surface area contributed by atoms with Gasteiger partial charge in [-0.25, -0.2) is 0 Å². The largest absolute Gasteiger partial charge is 0.310 e. The van der Waals surface area contributed by atoms with Crippen molar-refractivity contribution in [1.82, 2.24) is 9.97 Å². The van der Waals surface area contributed by atoms with Gasteiger partial charge in [0.05, 0.1) is 19.4 Å². The molecule has 2 aromatic heterocycles. The Morgan fingerprint density at radius 2 is 1.08 bits per heavy atom. The summed E-state index contributed by atoms with van der Waals surface area (Å²) in [4.78, 5) is 8.81. The van der Waals surface area contributed by atoms with Crippen molar-refractivity contribution in [2.45, 2.75) is 0 Å². The second-order valence-corrected chi connectivity index (χ2v) is 8.43. The number of nitrogens with zero attached hydrogens (tertiary/aromatic N) is 3. The van der Waals surface area contributed by atoms with E-state index in [0.29, 0.717) is 0 Å². The lowest BCUT2D eigenvalue weighted by Gasteiger charge is -2.44. The standard InChI is InChI=1S/C22H14N3P/c1-3-7-21-15(5-1)17-13-23-11-9-19(17)25-20-10-12-24-14-18(20)16-6-2-4-8-22(16)26(21)25/h1-14H. The summed E-state index contributed by atoms with van der Waals surface area (Å²) in [7, 11) is -0.673. The summed E-state index contributed by atoms with van der Waals surface area (Å²) in [5.41, 5.74) is 7.45. The van der Waals surface area contributed by atoms with E-state index in [1.54, 1.807) is 0 Å². The molecule has 0 N–H and O–H groups in total. The van der Waals surface area contributed by atoms with Gasteiger partial charge in [-0.2, -0.15) is 0 Å². The average Bonchev–Trinajstić information content (AvgIpc) is 2.73. The highest BCUT2D eigenvalue weighted by atomic mass is 31.1. The zero-order valence-electron chi connectivity index (χ0n) is 13.9. The van der Waals surface area contributed by atoms with Gasteiger partial charge in [0.2, 0.25) is 0 Å². The maximum atomic E-state index is 4.40. The first-order valence-corrected chi connectivity index (χ1v) is 9.90. The maximum absolute atomic E-state index is 4.40. The molecule has 0 bridgehead atoms. The molecule has 0 saturated carbocycles. The number of benzene rings is 2. The van der Waals surface area contributed by atoms with Crippen molar-refractivity contribution in [2.75, 3.05) is 4.67 Å². The summed E-state index contributed by atoms with van der Waals surface area (Å²) in [6.07, 6.45) is 7.76. The first-order chi connectivity index (χ1) is 12.9. The molecule has 26 heavy (non-hydrogen) atoms. The van der Waals surface area contributed by atoms with Crippen LogP contribution < -0.4 is 15.3 Å². The predicted molar refractivity (Wildman–Crippen MR) is 108 cm³/mol. The molecular weight excluding hydrogens is 337 g/mol. The van der Waals surface area contributed by atoms with Gasteiger partial charge in [0.25, 0.3) is 0 Å². The lowest BCUT2D eigenvalue weighted by Crippen LogP contribution is -2.33. The number of pyridine rings is 2. The molecule has 4 aromatic rings. The number of hydrogen-bond acceptors (Lipinski definition) is 3. The summed E-state index contributed by atoms with van der Waals surface area (Å²) in [5, 5.41) is 2.77. The maximum Gasteiger partial charge on any atom is 0.0611 e. The Hall–Kier alpha value is -3.03. The number of rotatable bonds is 0. The van der Waals surface area contributed by atoms with Crippen molar-refractivity contribution in [3.05, 3.63) is 85.5 Å². The number of anilines is 2. The highest BCUT2D eigenvalue weighted by molar-refractivity contribution is 7.75. The lowest BCUT2D eigenvalue weighted by atomic mass is 10.0. The van der Waals surface area contributed by atoms with E-state index in [4.69, 9.17) is 0 Å². The van der Waals surface area contributed by atoms with Gasteiger partial charge in [0, 0.05) is 46.5 Å². The van der Waals surface area contributed by atoms with Gasteiger partial charge in [-0.1, -0.05) is 48.5 Å². The van der Waals surface area contributed by atoms with Crippen LogP contribution in [0.4, 0.5) is 11.4 Å². The van der Waals surface area contributed by atoms with Gasteiger partial charge >= 0.3 is 0 Å². The molecule has 6 rings (SSSR count). The molecule has 4 heterocycles. The third kappa shape index (κ3) is 1.76. The van der Waals surface area contributed by atoms with Crippen molar-refractivity contribution in [3.63, 3.8) is 0 Å². The van der Waals surface area contributed by atoms with Crippen LogP contribution in [0.15, 0.2) is 85.5 Å². The Kier molecular flexibility index (Phi) is 2.85. The SMILES string of the molecule is c1ccc2c(c1)-c1cnccc1N1c3ccncc3-c3ccccc3P21. The molecule has 2 aliphatic heterocycles. The quantitative estimate of drug-likeness (QED) is 0.433. The second kappa shape index (κ2) is 5.23. The van der Waals surface area contributed by atoms with Crippen LogP contribution in [0.3, 0.4) is 0 Å². The van der Waals surface area contributed by atoms with E-state index in [0.717, 1.165) is 0 Å². The minimum Gasteiger partial charge on any atom is -0.310 e. The van der Waals surface area contributed by atoms with Gasteiger partial charge in [-0.15, -0.1) is 0 Å². The van der Waals surface area contributed by atoms with E-state index in [2.05, 4.69) is 75.3 Å². The van der Waals surface area contributed by atoms with E-state index >= 15 is 0 Å². The molecule has 122 valence electrons. The zero-order chi connectivity index (χ0) is 17.1. The molecule has 0 unspecified atom stereocenters. The van der Waals surface area contributed by atoms with E-state index in [-0.39, 0.29) is 0 Å². The summed E-state index contributed by atoms with van der Waals surface area (Å²) >= 11 is 0. The van der Waals surface area contributed by atoms with Crippen molar-refractivity contribution in [2.24, 2.45) is 0 Å². The van der Waals surface area contributed by atoms with Crippen LogP contribution in [-0.4, -0.2) is 9.97 Å². The lowest BCUT2D eigenvalue weighted by molar-refractivity contribution is 1.27. The van der Waals surface area contributed by atoms with Crippen molar-refractivity contribution in [3.8, 4) is 22.3 Å². The van der Waals surface area contributed by atoms with Crippen molar-refractivity contribution >= 4 is 30.1 Å². The minimum absolute atomic E-state index is 0.673. The highest BCUT2D eigenvalue weighted by Crippen LogP contribution is 2.60. The molecule has 0 aliphatic carbocycles. The fraction of sp³-hybridized carbons (Fsp3) is 0. The van der Waals surface area contributed by atoms with Crippen LogP contribution >= 0.6 is 8.07 Å². The van der Waals surface area contributed by atoms with Gasteiger partial charge in [0.1, 0.15) is 0 Å². The molecule has 0 fully saturated rings. The van der Waals surface area contributed by atoms with Crippen LogP contribution in [0.25, 0.3) is 22.3 Å². The fourth-order valence-electron chi connectivity index (χ4n) is 4.02. The molecule has 0 atom stereocenters. The molecule has 0 saturated heterocycles.